The molecule has 2 unspecified atom stereocenters. The number of oxazole rings is 1. The minimum absolute atomic E-state index is 0.00361. The molecule has 1 aliphatic heterocycles. The Bertz CT molecular complexity index is 644. The Morgan fingerprint density at radius 3 is 3.10 bits per heavy atom. The van der Waals surface area contributed by atoms with Gasteiger partial charge in [0.2, 0.25) is 11.8 Å². The van der Waals surface area contributed by atoms with Crippen LogP contribution < -0.4 is 0 Å². The predicted octanol–water partition coefficient (Wildman–Crippen LogP) is 2.07. The second-order valence-electron chi connectivity index (χ2n) is 5.40. The number of carbonyl (C=O) groups excluding carboxylic acids is 1. The van der Waals surface area contributed by atoms with Gasteiger partial charge >= 0.3 is 0 Å². The first-order valence-electron chi connectivity index (χ1n) is 7.14. The molecular formula is C16H18N2O3. The molecule has 1 aliphatic rings. The van der Waals surface area contributed by atoms with Crippen LogP contribution in [-0.4, -0.2) is 40.1 Å². The van der Waals surface area contributed by atoms with Crippen molar-refractivity contribution in [2.45, 2.75) is 19.4 Å². The van der Waals surface area contributed by atoms with Crippen LogP contribution in [0.3, 0.4) is 0 Å². The average Bonchev–Trinajstić information content (AvgIpc) is 3.07. The van der Waals surface area contributed by atoms with Gasteiger partial charge < -0.3 is 14.4 Å². The first-order chi connectivity index (χ1) is 10.2. The number of aliphatic hydroxyl groups is 1. The number of benzene rings is 1. The molecular weight excluding hydrogens is 268 g/mol. The van der Waals surface area contributed by atoms with Crippen LogP contribution in [0.1, 0.15) is 19.2 Å². The summed E-state index contributed by atoms with van der Waals surface area (Å²) in [6.45, 7) is 2.74. The molecule has 5 heteroatoms. The highest BCUT2D eigenvalue weighted by molar-refractivity contribution is 5.92. The number of amides is 1. The molecule has 2 aromatic rings. The SMILES string of the molecule is CC1CCN(C(=O)/C=C/c2nc3ccccc3o2)C1CO. The van der Waals surface area contributed by atoms with Gasteiger partial charge in [-0.15, -0.1) is 0 Å². The number of hydrogen-bond donors (Lipinski definition) is 1. The van der Waals surface area contributed by atoms with Crippen LogP contribution >= 0.6 is 0 Å². The lowest BCUT2D eigenvalue weighted by Crippen LogP contribution is -2.38. The molecule has 3 rings (SSSR count). The zero-order valence-electron chi connectivity index (χ0n) is 11.9. The molecule has 1 aromatic heterocycles. The van der Waals surface area contributed by atoms with Crippen molar-refractivity contribution < 1.29 is 14.3 Å². The summed E-state index contributed by atoms with van der Waals surface area (Å²) in [5, 5.41) is 9.39. The van der Waals surface area contributed by atoms with Crippen LogP contribution in [0.4, 0.5) is 0 Å². The van der Waals surface area contributed by atoms with Gasteiger partial charge in [-0.25, -0.2) is 4.98 Å². The predicted molar refractivity (Wildman–Crippen MR) is 79.4 cm³/mol. The van der Waals surface area contributed by atoms with Gasteiger partial charge in [0.15, 0.2) is 5.58 Å². The Balaban J connectivity index is 1.74. The van der Waals surface area contributed by atoms with Crippen molar-refractivity contribution >= 4 is 23.1 Å². The van der Waals surface area contributed by atoms with E-state index in [0.717, 1.165) is 11.9 Å². The van der Waals surface area contributed by atoms with Crippen LogP contribution in [0.2, 0.25) is 0 Å². The molecule has 0 aliphatic carbocycles. The maximum absolute atomic E-state index is 12.2. The van der Waals surface area contributed by atoms with E-state index in [9.17, 15) is 9.90 Å². The van der Waals surface area contributed by atoms with E-state index in [1.54, 1.807) is 11.0 Å². The van der Waals surface area contributed by atoms with Crippen molar-refractivity contribution in [2.75, 3.05) is 13.2 Å². The maximum atomic E-state index is 12.2. The molecule has 1 aromatic carbocycles. The van der Waals surface area contributed by atoms with Crippen LogP contribution in [0.25, 0.3) is 17.2 Å². The number of hydrogen-bond acceptors (Lipinski definition) is 4. The number of nitrogens with zero attached hydrogens (tertiary/aromatic N) is 2. The Hall–Kier alpha value is -2.14. The van der Waals surface area contributed by atoms with E-state index >= 15 is 0 Å². The first-order valence-corrected chi connectivity index (χ1v) is 7.14. The van der Waals surface area contributed by atoms with Crippen molar-refractivity contribution in [1.29, 1.82) is 0 Å². The van der Waals surface area contributed by atoms with Crippen molar-refractivity contribution in [3.63, 3.8) is 0 Å². The third-order valence-electron chi connectivity index (χ3n) is 4.03. The Morgan fingerprint density at radius 1 is 1.52 bits per heavy atom. The molecule has 5 nitrogen and oxygen atoms in total. The second kappa shape index (κ2) is 5.69. The summed E-state index contributed by atoms with van der Waals surface area (Å²) in [6.07, 6.45) is 3.97. The van der Waals surface area contributed by atoms with Crippen molar-refractivity contribution in [3.05, 3.63) is 36.2 Å². The summed E-state index contributed by atoms with van der Waals surface area (Å²) in [5.74, 6) is 0.634. The minimum atomic E-state index is -0.111. The zero-order valence-corrected chi connectivity index (χ0v) is 11.9. The largest absolute Gasteiger partial charge is 0.437 e. The second-order valence-corrected chi connectivity index (χ2v) is 5.40. The fourth-order valence-corrected chi connectivity index (χ4v) is 2.76. The molecule has 0 saturated carbocycles. The van der Waals surface area contributed by atoms with Gasteiger partial charge in [0.05, 0.1) is 12.6 Å². The quantitative estimate of drug-likeness (QED) is 0.877. The normalized spacial score (nSPS) is 22.5. The molecule has 1 N–H and O–H groups in total. The third kappa shape index (κ3) is 2.69. The summed E-state index contributed by atoms with van der Waals surface area (Å²) in [5.41, 5.74) is 1.47. The number of rotatable bonds is 3. The Morgan fingerprint density at radius 2 is 2.33 bits per heavy atom. The van der Waals surface area contributed by atoms with Gasteiger partial charge in [-0.3, -0.25) is 4.79 Å². The monoisotopic (exact) mass is 286 g/mol. The summed E-state index contributed by atoms with van der Waals surface area (Å²) >= 11 is 0. The maximum Gasteiger partial charge on any atom is 0.247 e. The highest BCUT2D eigenvalue weighted by Crippen LogP contribution is 2.24. The molecule has 21 heavy (non-hydrogen) atoms. The van der Waals surface area contributed by atoms with Gasteiger partial charge in [0.1, 0.15) is 5.52 Å². The van der Waals surface area contributed by atoms with Crippen LogP contribution in [0, 0.1) is 5.92 Å². The fourth-order valence-electron chi connectivity index (χ4n) is 2.76. The van der Waals surface area contributed by atoms with E-state index < -0.39 is 0 Å². The van der Waals surface area contributed by atoms with E-state index in [1.165, 1.54) is 6.08 Å². The minimum Gasteiger partial charge on any atom is -0.437 e. The van der Waals surface area contributed by atoms with Crippen LogP contribution in [-0.2, 0) is 4.79 Å². The van der Waals surface area contributed by atoms with E-state index in [0.29, 0.717) is 23.9 Å². The highest BCUT2D eigenvalue weighted by Gasteiger charge is 2.32. The summed E-state index contributed by atoms with van der Waals surface area (Å²) < 4.78 is 5.54. The molecule has 2 atom stereocenters. The van der Waals surface area contributed by atoms with Crippen LogP contribution in [0.15, 0.2) is 34.8 Å². The number of likely N-dealkylation sites (tertiary alicyclic amines) is 1. The topological polar surface area (TPSA) is 66.6 Å². The molecule has 0 radical (unpaired) electrons. The highest BCUT2D eigenvalue weighted by atomic mass is 16.3. The van der Waals surface area contributed by atoms with Gasteiger partial charge in [-0.2, -0.15) is 0 Å². The zero-order chi connectivity index (χ0) is 14.8. The van der Waals surface area contributed by atoms with Crippen molar-refractivity contribution in [2.24, 2.45) is 5.92 Å². The number of aromatic nitrogens is 1. The lowest BCUT2D eigenvalue weighted by Gasteiger charge is -2.23. The van der Waals surface area contributed by atoms with E-state index in [1.807, 2.05) is 24.3 Å². The van der Waals surface area contributed by atoms with E-state index in [2.05, 4.69) is 11.9 Å². The fraction of sp³-hybridized carbons (Fsp3) is 0.375. The summed E-state index contributed by atoms with van der Waals surface area (Å²) in [4.78, 5) is 18.2. The Labute approximate surface area is 122 Å². The Kier molecular flexibility index (Phi) is 3.75. The molecule has 1 saturated heterocycles. The standard InChI is InChI=1S/C16H18N2O3/c1-11-8-9-18(13(11)10-19)16(20)7-6-15-17-12-4-2-3-5-14(12)21-15/h2-7,11,13,19H,8-10H2,1H3/b7-6+. The molecule has 1 fully saturated rings. The lowest BCUT2D eigenvalue weighted by atomic mass is 10.0. The number of aliphatic hydroxyl groups excluding tert-OH is 1. The van der Waals surface area contributed by atoms with E-state index in [4.69, 9.17) is 4.42 Å². The average molecular weight is 286 g/mol. The molecule has 0 spiro atoms. The molecule has 2 heterocycles. The molecule has 1 amide bonds. The first kappa shape index (κ1) is 13.8. The van der Waals surface area contributed by atoms with Gasteiger partial charge in [0.25, 0.3) is 0 Å². The third-order valence-corrected chi connectivity index (χ3v) is 4.03. The van der Waals surface area contributed by atoms with Gasteiger partial charge in [-0.1, -0.05) is 19.1 Å². The van der Waals surface area contributed by atoms with Gasteiger partial charge in [0, 0.05) is 18.7 Å². The lowest BCUT2D eigenvalue weighted by molar-refractivity contribution is -0.127. The number of carbonyl (C=O) groups is 1. The summed E-state index contributed by atoms with van der Waals surface area (Å²) in [7, 11) is 0. The number of para-hydroxylation sites is 2. The molecule has 110 valence electrons. The molecule has 0 bridgehead atoms. The van der Waals surface area contributed by atoms with E-state index in [-0.39, 0.29) is 18.6 Å². The van der Waals surface area contributed by atoms with Crippen molar-refractivity contribution in [3.8, 4) is 0 Å². The number of fused-ring (bicyclic) bond motifs is 1. The smallest absolute Gasteiger partial charge is 0.247 e. The van der Waals surface area contributed by atoms with Crippen molar-refractivity contribution in [1.82, 2.24) is 9.88 Å². The van der Waals surface area contributed by atoms with Gasteiger partial charge in [-0.05, 0) is 24.5 Å². The summed E-state index contributed by atoms with van der Waals surface area (Å²) in [6, 6.07) is 7.38. The van der Waals surface area contributed by atoms with Crippen LogP contribution in [0.5, 0.6) is 0 Å².